The Kier molecular flexibility index (Phi) is 38.1. The van der Waals surface area contributed by atoms with E-state index in [1.165, 1.54) is 31.4 Å². The zero-order chi connectivity index (χ0) is 87.7. The van der Waals surface area contributed by atoms with Crippen molar-refractivity contribution in [2.45, 2.75) is 314 Å². The number of hydrogen-bond acceptors (Lipinski definition) is 23. The van der Waals surface area contributed by atoms with Gasteiger partial charge in [-0.2, -0.15) is 0 Å². The number of rotatable bonds is 42. The smallest absolute Gasteiger partial charge is 0.407 e. The third-order valence-electron chi connectivity index (χ3n) is 22.3. The Labute approximate surface area is 700 Å². The quantitative estimate of drug-likeness (QED) is 0.0145. The van der Waals surface area contributed by atoms with Crippen LogP contribution in [0.5, 0.6) is 0 Å². The Morgan fingerprint density at radius 3 is 1.25 bits per heavy atom. The van der Waals surface area contributed by atoms with Gasteiger partial charge >= 0.3 is 56.8 Å². The molecule has 4 fully saturated rings. The predicted octanol–water partition coefficient (Wildman–Crippen LogP) is 14.5. The van der Waals surface area contributed by atoms with E-state index in [9.17, 15) is 57.5 Å². The van der Waals surface area contributed by atoms with Gasteiger partial charge in [-0.3, -0.25) is 48.2 Å². The Morgan fingerprint density at radius 1 is 0.436 bits per heavy atom. The maximum absolute atomic E-state index is 13.8. The van der Waals surface area contributed by atoms with E-state index in [0.717, 1.165) is 86.8 Å². The van der Waals surface area contributed by atoms with Crippen LogP contribution in [0, 0.1) is 49.2 Å². The number of carbonyl (C=O) groups excluding carboxylic acids is 12. The van der Waals surface area contributed by atoms with Crippen molar-refractivity contribution in [2.24, 2.45) is 49.2 Å². The zero-order valence-corrected chi connectivity index (χ0v) is 77.7. The van der Waals surface area contributed by atoms with Crippen LogP contribution in [-0.2, 0) is 89.2 Å². The molecule has 0 bridgehead atoms. The van der Waals surface area contributed by atoms with Gasteiger partial charge in [0, 0.05) is 74.7 Å². The van der Waals surface area contributed by atoms with E-state index < -0.39 is 91.2 Å². The number of imide groups is 2. The molecule has 2 heterocycles. The molecule has 0 aromatic heterocycles. The van der Waals surface area contributed by atoms with Gasteiger partial charge in [0.15, 0.2) is 22.7 Å². The van der Waals surface area contributed by atoms with E-state index in [2.05, 4.69) is 151 Å². The van der Waals surface area contributed by atoms with Crippen molar-refractivity contribution in [3.63, 3.8) is 0 Å². The molecule has 32 heteroatoms. The number of carbonyl (C=O) groups is 12. The summed E-state index contributed by atoms with van der Waals surface area (Å²) in [7, 11) is -5.47. The molecule has 6 rings (SSSR count). The molecule has 117 heavy (non-hydrogen) atoms. The first-order valence-corrected chi connectivity index (χ1v) is 51.8. The molecule has 8 amide bonds. The molecule has 4 N–H and O–H groups in total. The van der Waals surface area contributed by atoms with Crippen LogP contribution in [0.3, 0.4) is 0 Å². The fourth-order valence-corrected chi connectivity index (χ4v) is 31.5. The summed E-state index contributed by atoms with van der Waals surface area (Å²) < 4.78 is 63.1. The van der Waals surface area contributed by atoms with E-state index in [0.29, 0.717) is 70.9 Å². The lowest BCUT2D eigenvalue weighted by molar-refractivity contribution is -0.149. The summed E-state index contributed by atoms with van der Waals surface area (Å²) in [5, 5.41) is 12.0. The first-order valence-electron chi connectivity index (χ1n) is 42.5. The molecule has 0 saturated heterocycles. The maximum Gasteiger partial charge on any atom is 0.407 e. The lowest BCUT2D eigenvalue weighted by atomic mass is 9.60. The summed E-state index contributed by atoms with van der Waals surface area (Å²) >= 11 is 0. The standard InChI is InChI=1S/C48H87N3O13Si3.C37H59N3O10/c1-15-16-17-25-60-43(56)49-36-27-45(2,3)33-48(7,29-36)23-21-42(55)61-32-38(31-58-35-67(14,63-65(8,9)10)64-66(11,12)13)62-44(57)50-37-28-46(4,5)34-47(6,30-37)22-20-41(54)59-26-24-51-39(52)18-19-40(51)53;1-34(2)19-26(20-37(6,24-34)25-38-32(45)50-17-14-40-28(41)10-11-29(40)42)18-31(44)48-15-8-9-16-49-33(46)39-27-21-35(3,4)23-36(5,22-27)13-12-30(43)47-7/h18-19,36-38H,15-17,20-35H2,1-14H3,(H,49,56)(H,50,57);10-11,26-27H,8-9,12-25H2,1-7H3,(H,38,45)(H,39,46). The van der Waals surface area contributed by atoms with E-state index in [1.807, 2.05) is 6.55 Å². The van der Waals surface area contributed by atoms with Crippen LogP contribution >= 0.6 is 0 Å². The first-order chi connectivity index (χ1) is 54.1. The summed E-state index contributed by atoms with van der Waals surface area (Å²) in [6, 6.07) is -0.399. The highest BCUT2D eigenvalue weighted by atomic mass is 28.5. The van der Waals surface area contributed by atoms with Crippen molar-refractivity contribution >= 4 is 97.1 Å². The number of amides is 8. The molecule has 2 aliphatic heterocycles. The summed E-state index contributed by atoms with van der Waals surface area (Å²) in [6.07, 6.45) is 18.1. The second-order valence-corrected chi connectivity index (χ2v) is 53.3. The number of unbranched alkanes of at least 4 members (excludes halogenated alkanes) is 3. The molecule has 0 spiro atoms. The summed E-state index contributed by atoms with van der Waals surface area (Å²) in [6.45, 7) is 43.4. The van der Waals surface area contributed by atoms with Gasteiger partial charge in [0.1, 0.15) is 19.8 Å². The van der Waals surface area contributed by atoms with Crippen molar-refractivity contribution in [3.8, 4) is 0 Å². The van der Waals surface area contributed by atoms with Gasteiger partial charge in [0.05, 0.1) is 52.9 Å². The SMILES string of the molecule is CCCCCOC(=O)NC1CC(C)(C)CC(C)(CCC(=O)OCC(COC[Si](C)(O[Si](C)(C)C)O[Si](C)(C)C)OC(=O)NC2CC(C)(C)CC(C)(CCC(=O)OCCN3C(=O)C=CC3=O)C2)C1.COC(=O)CCC1(C)CC(NC(=O)OCCCCOC(=O)CC2CC(C)(C)CC(C)(CNC(=O)OCCN3C(=O)C=CC3=O)C2)CC(C)(C)C1. The highest BCUT2D eigenvalue weighted by Gasteiger charge is 2.48. The number of methoxy groups -OCH3 is 1. The number of nitrogens with zero attached hydrogens (tertiary/aromatic N) is 2. The molecule has 0 aromatic carbocycles. The number of nitrogens with one attached hydrogen (secondary N) is 4. The molecular formula is C85H146N6O23Si3. The van der Waals surface area contributed by atoms with Crippen LogP contribution in [-0.4, -0.2) is 210 Å². The Morgan fingerprint density at radius 2 is 0.812 bits per heavy atom. The van der Waals surface area contributed by atoms with Crippen LogP contribution < -0.4 is 21.3 Å². The highest BCUT2D eigenvalue weighted by Crippen LogP contribution is 2.53. The number of hydrogen-bond donors (Lipinski definition) is 4. The minimum absolute atomic E-state index is 0.00399. The molecule has 4 saturated carbocycles. The van der Waals surface area contributed by atoms with Crippen LogP contribution in [0.25, 0.3) is 0 Å². The van der Waals surface area contributed by atoms with Gasteiger partial charge in [-0.1, -0.05) is 103 Å². The molecule has 29 nitrogen and oxygen atoms in total. The first kappa shape index (κ1) is 101. The zero-order valence-electron chi connectivity index (χ0n) is 74.7. The predicted molar refractivity (Wildman–Crippen MR) is 449 cm³/mol. The molecule has 9 unspecified atom stereocenters. The third kappa shape index (κ3) is 38.7. The highest BCUT2D eigenvalue weighted by molar-refractivity contribution is 6.87. The van der Waals surface area contributed by atoms with Crippen molar-refractivity contribution < 1.29 is 108 Å². The molecule has 6 aliphatic rings. The second kappa shape index (κ2) is 44.2. The lowest BCUT2D eigenvalue weighted by Crippen LogP contribution is -2.56. The molecular weight excluding hydrogens is 1560 g/mol. The summed E-state index contributed by atoms with van der Waals surface area (Å²) in [5.41, 5.74) is -1.17. The summed E-state index contributed by atoms with van der Waals surface area (Å²) in [4.78, 5) is 151. The Bertz CT molecular complexity index is 3400. The Hall–Kier alpha value is -6.75. The van der Waals surface area contributed by atoms with Crippen molar-refractivity contribution in [3.05, 3.63) is 24.3 Å². The molecule has 0 radical (unpaired) electrons. The van der Waals surface area contributed by atoms with Crippen molar-refractivity contribution in [2.75, 3.05) is 79.2 Å². The van der Waals surface area contributed by atoms with Crippen LogP contribution in [0.4, 0.5) is 19.2 Å². The van der Waals surface area contributed by atoms with Crippen LogP contribution in [0.1, 0.15) is 244 Å². The molecule has 4 aliphatic carbocycles. The largest absolute Gasteiger partial charge is 0.469 e. The number of esters is 4. The van der Waals surface area contributed by atoms with E-state index in [1.54, 1.807) is 0 Å². The average Bonchev–Trinajstić information content (AvgIpc) is 1.65. The van der Waals surface area contributed by atoms with Gasteiger partial charge in [0.25, 0.3) is 23.6 Å². The minimum atomic E-state index is -2.81. The fourth-order valence-electron chi connectivity index (χ4n) is 19.7. The van der Waals surface area contributed by atoms with Crippen LogP contribution in [0.15, 0.2) is 24.3 Å². The second-order valence-electron chi connectivity index (χ2n) is 40.6. The lowest BCUT2D eigenvalue weighted by Gasteiger charge is -2.47. The fraction of sp³-hybridized carbons (Fsp3) is 0.812. The third-order valence-corrected chi connectivity index (χ3v) is 31.4. The normalized spacial score (nSPS) is 25.5. The van der Waals surface area contributed by atoms with Crippen molar-refractivity contribution in [1.29, 1.82) is 0 Å². The van der Waals surface area contributed by atoms with Crippen molar-refractivity contribution in [1.82, 2.24) is 31.1 Å². The average molecular weight is 1700 g/mol. The minimum Gasteiger partial charge on any atom is -0.469 e. The topological polar surface area (TPSA) is 361 Å². The van der Waals surface area contributed by atoms with Crippen LogP contribution in [0.2, 0.25) is 45.8 Å². The van der Waals surface area contributed by atoms with Gasteiger partial charge in [-0.05, 0) is 211 Å². The van der Waals surface area contributed by atoms with E-state index in [4.69, 9.17) is 50.9 Å². The van der Waals surface area contributed by atoms with E-state index in [-0.39, 0.29) is 158 Å². The molecule has 0 aromatic rings. The van der Waals surface area contributed by atoms with Gasteiger partial charge < -0.3 is 72.1 Å². The van der Waals surface area contributed by atoms with Gasteiger partial charge in [0.2, 0.25) is 0 Å². The summed E-state index contributed by atoms with van der Waals surface area (Å²) in [5.74, 6) is -2.93. The molecule has 666 valence electrons. The van der Waals surface area contributed by atoms with Gasteiger partial charge in [-0.15, -0.1) is 0 Å². The maximum atomic E-state index is 13.8. The molecule has 9 atom stereocenters. The number of ether oxygens (including phenoxy) is 9. The van der Waals surface area contributed by atoms with E-state index >= 15 is 0 Å². The monoisotopic (exact) mass is 1700 g/mol. The Balaban J connectivity index is 0.000000435. The number of alkyl carbamates (subject to hydrolysis) is 4. The van der Waals surface area contributed by atoms with Gasteiger partial charge in [-0.25, -0.2) is 19.2 Å².